The van der Waals surface area contributed by atoms with E-state index >= 15 is 0 Å². The summed E-state index contributed by atoms with van der Waals surface area (Å²) in [5.74, 6) is -3.85. The molecular weight excluding hydrogens is 689 g/mol. The van der Waals surface area contributed by atoms with E-state index in [4.69, 9.17) is 28.8 Å². The Labute approximate surface area is 284 Å². The maximum atomic E-state index is 14.3. The second-order valence-electron chi connectivity index (χ2n) is 12.6. The van der Waals surface area contributed by atoms with Crippen LogP contribution in [0, 0.1) is 11.6 Å². The maximum absolute atomic E-state index is 14.3. The van der Waals surface area contributed by atoms with E-state index in [0.29, 0.717) is 31.0 Å². The number of carbonyl (C=O) groups is 3. The number of phosphoric ester groups is 1. The van der Waals surface area contributed by atoms with Gasteiger partial charge in [0.25, 0.3) is 11.8 Å². The van der Waals surface area contributed by atoms with Gasteiger partial charge in [-0.25, -0.2) is 18.1 Å². The van der Waals surface area contributed by atoms with Crippen LogP contribution >= 0.6 is 7.82 Å². The molecule has 272 valence electrons. The van der Waals surface area contributed by atoms with Crippen molar-refractivity contribution >= 4 is 31.5 Å². The zero-order chi connectivity index (χ0) is 36.5. The quantitative estimate of drug-likeness (QED) is 0.173. The van der Waals surface area contributed by atoms with Gasteiger partial charge in [-0.15, -0.1) is 0 Å². The highest BCUT2D eigenvalue weighted by Gasteiger charge is 2.54. The number of halogens is 2. The van der Waals surface area contributed by atoms with Gasteiger partial charge in [-0.05, 0) is 46.6 Å². The highest BCUT2D eigenvalue weighted by molar-refractivity contribution is 7.46. The minimum atomic E-state index is -4.77. The number of phosphoric acid groups is 1. The summed E-state index contributed by atoms with van der Waals surface area (Å²) in [5, 5.41) is 6.62. The molecule has 0 unspecified atom stereocenters. The molecule has 2 amide bonds. The number of benzene rings is 1. The van der Waals surface area contributed by atoms with E-state index in [9.17, 15) is 32.5 Å². The first-order chi connectivity index (χ1) is 23.5. The van der Waals surface area contributed by atoms with Gasteiger partial charge in [0.2, 0.25) is 18.0 Å². The summed E-state index contributed by atoms with van der Waals surface area (Å²) in [4.78, 5) is 79.3. The summed E-state index contributed by atoms with van der Waals surface area (Å²) in [5.41, 5.74) is -2.00. The fraction of sp³-hybridized carbons (Fsp3) is 0.516. The zero-order valence-corrected chi connectivity index (χ0v) is 28.5. The SMILES string of the molecule is CC1=NO[C@@]2(CC[C@H](C)N3C[C@H]2n2cc(C(=O)NCc4ccc(F)cc4F)c(=O)c(OCOC(=O)O[C@H](C)C[C@@H](C)OP(=O)(O)O)c2C3=O)C1. The lowest BCUT2D eigenvalue weighted by atomic mass is 9.84. The molecule has 5 rings (SSSR count). The van der Waals surface area contributed by atoms with Crippen LogP contribution in [0.4, 0.5) is 13.6 Å². The average Bonchev–Trinajstić information content (AvgIpc) is 3.34. The van der Waals surface area contributed by atoms with E-state index in [1.807, 2.05) is 6.92 Å². The van der Waals surface area contributed by atoms with Gasteiger partial charge in [-0.3, -0.25) is 18.9 Å². The molecule has 1 fully saturated rings. The van der Waals surface area contributed by atoms with E-state index in [0.717, 1.165) is 12.1 Å². The molecule has 3 aliphatic rings. The van der Waals surface area contributed by atoms with Crippen molar-refractivity contribution in [1.82, 2.24) is 14.8 Å². The van der Waals surface area contributed by atoms with Gasteiger partial charge in [0.1, 0.15) is 23.3 Å². The molecule has 0 radical (unpaired) electrons. The van der Waals surface area contributed by atoms with Gasteiger partial charge in [-0.2, -0.15) is 0 Å². The predicted molar refractivity (Wildman–Crippen MR) is 168 cm³/mol. The number of hydrogen-bond acceptors (Lipinski definition) is 11. The molecule has 50 heavy (non-hydrogen) atoms. The lowest BCUT2D eigenvalue weighted by molar-refractivity contribution is -0.0658. The Kier molecular flexibility index (Phi) is 10.7. The van der Waals surface area contributed by atoms with E-state index in [2.05, 4.69) is 15.0 Å². The smallest absolute Gasteiger partial charge is 0.451 e. The van der Waals surface area contributed by atoms with Crippen LogP contribution in [0.1, 0.15) is 85.8 Å². The third-order valence-corrected chi connectivity index (χ3v) is 9.42. The fourth-order valence-corrected chi connectivity index (χ4v) is 7.02. The Morgan fingerprint density at radius 2 is 1.96 bits per heavy atom. The summed E-state index contributed by atoms with van der Waals surface area (Å²) in [6.45, 7) is 5.26. The van der Waals surface area contributed by atoms with Crippen molar-refractivity contribution in [3.05, 3.63) is 63.1 Å². The molecule has 0 aliphatic carbocycles. The number of amides is 2. The van der Waals surface area contributed by atoms with Crippen molar-refractivity contribution in [2.24, 2.45) is 5.16 Å². The summed E-state index contributed by atoms with van der Waals surface area (Å²) >= 11 is 0. The molecule has 1 saturated heterocycles. The van der Waals surface area contributed by atoms with E-state index in [1.54, 1.807) is 11.8 Å². The Balaban J connectivity index is 1.44. The minimum absolute atomic E-state index is 0.0485. The summed E-state index contributed by atoms with van der Waals surface area (Å²) < 4.78 is 60.4. The number of oxime groups is 1. The number of pyridine rings is 1. The van der Waals surface area contributed by atoms with Crippen LogP contribution in [-0.2, 0) is 29.9 Å². The molecule has 4 heterocycles. The van der Waals surface area contributed by atoms with Crippen molar-refractivity contribution < 1.29 is 61.1 Å². The summed E-state index contributed by atoms with van der Waals surface area (Å²) in [7, 11) is -4.77. The maximum Gasteiger partial charge on any atom is 0.511 e. The molecule has 5 atom stereocenters. The molecular formula is C31H37F2N4O12P. The van der Waals surface area contributed by atoms with Crippen LogP contribution in [-0.4, -0.2) is 80.1 Å². The van der Waals surface area contributed by atoms with Crippen molar-refractivity contribution in [2.75, 3.05) is 13.3 Å². The van der Waals surface area contributed by atoms with Gasteiger partial charge in [-0.1, -0.05) is 11.2 Å². The van der Waals surface area contributed by atoms with Crippen LogP contribution in [0.2, 0.25) is 0 Å². The highest BCUT2D eigenvalue weighted by Crippen LogP contribution is 2.46. The Morgan fingerprint density at radius 3 is 2.62 bits per heavy atom. The number of ether oxygens (including phenoxy) is 3. The number of hydrogen-bond donors (Lipinski definition) is 3. The van der Waals surface area contributed by atoms with Gasteiger partial charge in [0.15, 0.2) is 11.3 Å². The number of nitrogens with zero attached hydrogens (tertiary/aromatic N) is 3. The molecule has 2 bridgehead atoms. The summed E-state index contributed by atoms with van der Waals surface area (Å²) in [6.07, 6.45) is -0.628. The zero-order valence-electron chi connectivity index (χ0n) is 27.6. The molecule has 3 aliphatic heterocycles. The third-order valence-electron chi connectivity index (χ3n) is 8.78. The van der Waals surface area contributed by atoms with E-state index in [1.165, 1.54) is 24.6 Å². The number of fused-ring (bicyclic) bond motifs is 5. The highest BCUT2D eigenvalue weighted by atomic mass is 31.2. The van der Waals surface area contributed by atoms with Gasteiger partial charge >= 0.3 is 14.0 Å². The van der Waals surface area contributed by atoms with Gasteiger partial charge < -0.3 is 43.6 Å². The lowest BCUT2D eigenvalue weighted by Gasteiger charge is -2.42. The van der Waals surface area contributed by atoms with Crippen LogP contribution in [0.3, 0.4) is 0 Å². The normalized spacial score (nSPS) is 22.5. The second-order valence-corrected chi connectivity index (χ2v) is 13.8. The molecule has 0 saturated carbocycles. The minimum Gasteiger partial charge on any atom is -0.451 e. The van der Waals surface area contributed by atoms with Crippen molar-refractivity contribution in [2.45, 2.75) is 89.8 Å². The van der Waals surface area contributed by atoms with Crippen molar-refractivity contribution in [3.63, 3.8) is 0 Å². The van der Waals surface area contributed by atoms with Crippen LogP contribution in [0.5, 0.6) is 5.75 Å². The first kappa shape index (κ1) is 36.9. The monoisotopic (exact) mass is 726 g/mol. The molecule has 1 aromatic heterocycles. The molecule has 3 N–H and O–H groups in total. The van der Waals surface area contributed by atoms with E-state index in [-0.39, 0.29) is 30.3 Å². The van der Waals surface area contributed by atoms with Crippen molar-refractivity contribution in [3.8, 4) is 5.75 Å². The molecule has 2 aromatic rings. The number of rotatable bonds is 11. The number of carbonyl (C=O) groups excluding carboxylic acids is 3. The third kappa shape index (κ3) is 7.98. The Hall–Kier alpha value is -4.38. The number of aromatic nitrogens is 1. The van der Waals surface area contributed by atoms with Crippen LogP contribution in [0.15, 0.2) is 34.3 Å². The molecule has 16 nitrogen and oxygen atoms in total. The largest absolute Gasteiger partial charge is 0.511 e. The van der Waals surface area contributed by atoms with E-state index < -0.39 is 91.4 Å². The Bertz CT molecular complexity index is 1820. The fourth-order valence-electron chi connectivity index (χ4n) is 6.47. The first-order valence-corrected chi connectivity index (χ1v) is 17.2. The second kappa shape index (κ2) is 14.5. The number of nitrogens with one attached hydrogen (secondary N) is 1. The predicted octanol–water partition coefficient (Wildman–Crippen LogP) is 3.54. The summed E-state index contributed by atoms with van der Waals surface area (Å²) in [6, 6.07) is 1.89. The standard InChI is InChI=1S/C31H37F2N4O12P/c1-16-11-31(49-35-16)8-7-17(2)36-14-24(31)37-13-22(28(39)34-12-20-5-6-21(32)10-23(20)33)26(38)27(25(37)29(36)40)45-15-46-30(41)47-18(3)9-19(4)48-50(42,43)44/h5-6,10,13,17-19,24H,7-9,11-12,14-15H2,1-4H3,(H,34,39)(H2,42,43,44)/t17-,18+,19+,24+,31-/m0/s1. The molecule has 1 aromatic carbocycles. The first-order valence-electron chi connectivity index (χ1n) is 15.7. The molecule has 1 spiro atoms. The van der Waals surface area contributed by atoms with Crippen molar-refractivity contribution in [1.29, 1.82) is 0 Å². The lowest BCUT2D eigenvalue weighted by Crippen LogP contribution is -2.52. The topological polar surface area (TPSA) is 205 Å². The molecule has 19 heteroatoms. The average molecular weight is 727 g/mol. The van der Waals surface area contributed by atoms with Crippen LogP contribution in [0.25, 0.3) is 0 Å². The van der Waals surface area contributed by atoms with Gasteiger partial charge in [0, 0.05) is 49.8 Å². The van der Waals surface area contributed by atoms with Crippen LogP contribution < -0.4 is 15.5 Å². The van der Waals surface area contributed by atoms with Gasteiger partial charge in [0.05, 0.1) is 17.9 Å². The Morgan fingerprint density at radius 1 is 1.22 bits per heavy atom.